The van der Waals surface area contributed by atoms with Crippen LogP contribution in [-0.2, 0) is 9.47 Å². The second-order valence-corrected chi connectivity index (χ2v) is 7.16. The van der Waals surface area contributed by atoms with E-state index < -0.39 is 5.60 Å². The molecule has 2 heterocycles. The zero-order valence-electron chi connectivity index (χ0n) is 13.4. The summed E-state index contributed by atoms with van der Waals surface area (Å²) in [6.07, 6.45) is 5.17. The first-order valence-corrected chi connectivity index (χ1v) is 7.86. The number of carbonyl (C=O) groups excluding carboxylic acids is 1. The fraction of sp³-hybridized carbons (Fsp3) is 0.875. The van der Waals surface area contributed by atoms with Crippen LogP contribution in [0, 0.1) is 11.3 Å². The van der Waals surface area contributed by atoms with Gasteiger partial charge < -0.3 is 14.4 Å². The maximum Gasteiger partial charge on any atom is 0.410 e. The van der Waals surface area contributed by atoms with Crippen LogP contribution in [0.3, 0.4) is 0 Å². The van der Waals surface area contributed by atoms with E-state index in [1.807, 2.05) is 20.8 Å². The molecular formula is C16H26N2O3. The number of nitrogens with zero attached hydrogens (tertiary/aromatic N) is 2. The minimum atomic E-state index is -0.465. The first-order valence-electron chi connectivity index (χ1n) is 7.86. The van der Waals surface area contributed by atoms with Crippen molar-refractivity contribution in [2.45, 2.75) is 76.6 Å². The third-order valence-electron chi connectivity index (χ3n) is 4.11. The fourth-order valence-corrected chi connectivity index (χ4v) is 3.20. The Morgan fingerprint density at radius 2 is 2.24 bits per heavy atom. The van der Waals surface area contributed by atoms with Crippen molar-refractivity contribution in [3.05, 3.63) is 0 Å². The number of amides is 1. The second kappa shape index (κ2) is 6.23. The number of hydrogen-bond acceptors (Lipinski definition) is 4. The van der Waals surface area contributed by atoms with Crippen LogP contribution in [0.1, 0.15) is 59.3 Å². The Morgan fingerprint density at radius 1 is 1.48 bits per heavy atom. The minimum absolute atomic E-state index is 0.170. The van der Waals surface area contributed by atoms with Gasteiger partial charge in [0.15, 0.2) is 0 Å². The number of hydrogen-bond donors (Lipinski definition) is 0. The SMILES string of the molecule is CC(C)(C)OC(=O)N1CCC[C@@]2(CC[C@@H](CCC#N)O2)C1. The van der Waals surface area contributed by atoms with Gasteiger partial charge in [0.2, 0.25) is 0 Å². The average Bonchev–Trinajstić information content (AvgIpc) is 2.77. The van der Waals surface area contributed by atoms with Crippen molar-refractivity contribution >= 4 is 6.09 Å². The molecule has 5 nitrogen and oxygen atoms in total. The molecular weight excluding hydrogens is 268 g/mol. The van der Waals surface area contributed by atoms with E-state index >= 15 is 0 Å². The monoisotopic (exact) mass is 294 g/mol. The lowest BCUT2D eigenvalue weighted by Crippen LogP contribution is -2.51. The molecule has 0 aromatic heterocycles. The Kier molecular flexibility index (Phi) is 4.77. The summed E-state index contributed by atoms with van der Waals surface area (Å²) < 4.78 is 11.7. The summed E-state index contributed by atoms with van der Waals surface area (Å²) in [6.45, 7) is 7.01. The Hall–Kier alpha value is -1.28. The maximum atomic E-state index is 12.2. The molecule has 1 spiro atoms. The molecule has 5 heteroatoms. The molecule has 118 valence electrons. The second-order valence-electron chi connectivity index (χ2n) is 7.16. The van der Waals surface area contributed by atoms with Gasteiger partial charge in [0.1, 0.15) is 5.60 Å². The topological polar surface area (TPSA) is 62.6 Å². The van der Waals surface area contributed by atoms with Gasteiger partial charge in [-0.15, -0.1) is 0 Å². The predicted octanol–water partition coefficient (Wildman–Crippen LogP) is 3.24. The van der Waals surface area contributed by atoms with E-state index in [9.17, 15) is 4.79 Å². The minimum Gasteiger partial charge on any atom is -0.444 e. The molecule has 0 unspecified atom stereocenters. The first-order chi connectivity index (χ1) is 9.84. The van der Waals surface area contributed by atoms with E-state index in [-0.39, 0.29) is 17.8 Å². The van der Waals surface area contributed by atoms with Gasteiger partial charge in [0, 0.05) is 13.0 Å². The lowest BCUT2D eigenvalue weighted by Gasteiger charge is -2.40. The van der Waals surface area contributed by atoms with E-state index in [4.69, 9.17) is 14.7 Å². The largest absolute Gasteiger partial charge is 0.444 e. The number of carbonyl (C=O) groups is 1. The van der Waals surface area contributed by atoms with Crippen molar-refractivity contribution in [2.75, 3.05) is 13.1 Å². The van der Waals surface area contributed by atoms with Crippen molar-refractivity contribution in [3.8, 4) is 6.07 Å². The van der Waals surface area contributed by atoms with Gasteiger partial charge in [-0.1, -0.05) is 0 Å². The molecule has 1 amide bonds. The van der Waals surface area contributed by atoms with Crippen LogP contribution >= 0.6 is 0 Å². The molecule has 0 radical (unpaired) electrons. The number of rotatable bonds is 2. The molecule has 0 N–H and O–H groups in total. The zero-order chi connectivity index (χ0) is 15.5. The third-order valence-corrected chi connectivity index (χ3v) is 4.11. The molecule has 2 aliphatic rings. The molecule has 0 saturated carbocycles. The normalized spacial score (nSPS) is 29.4. The summed E-state index contributed by atoms with van der Waals surface area (Å²) in [4.78, 5) is 14.0. The van der Waals surface area contributed by atoms with Gasteiger partial charge in [0.25, 0.3) is 0 Å². The molecule has 0 aliphatic carbocycles. The standard InChI is InChI=1S/C16H26N2O3/c1-15(2,3)21-14(19)18-11-5-8-16(12-18)9-7-13(20-16)6-4-10-17/h13H,4-9,11-12H2,1-3H3/t13-,16-/m1/s1. The molecule has 2 fully saturated rings. The number of nitriles is 1. The molecule has 2 aliphatic heterocycles. The highest BCUT2D eigenvalue weighted by Gasteiger charge is 2.44. The summed E-state index contributed by atoms with van der Waals surface area (Å²) in [5, 5.41) is 8.68. The van der Waals surface area contributed by atoms with Crippen molar-refractivity contribution in [2.24, 2.45) is 0 Å². The van der Waals surface area contributed by atoms with E-state index in [1.165, 1.54) is 0 Å². The summed E-state index contributed by atoms with van der Waals surface area (Å²) in [7, 11) is 0. The Morgan fingerprint density at radius 3 is 2.90 bits per heavy atom. The Labute approximate surface area is 127 Å². The van der Waals surface area contributed by atoms with Gasteiger partial charge in [-0.05, 0) is 52.9 Å². The number of piperidine rings is 1. The lowest BCUT2D eigenvalue weighted by atomic mass is 9.90. The fourth-order valence-electron chi connectivity index (χ4n) is 3.20. The van der Waals surface area contributed by atoms with Gasteiger partial charge >= 0.3 is 6.09 Å². The highest BCUT2D eigenvalue weighted by atomic mass is 16.6. The summed E-state index contributed by atoms with van der Waals surface area (Å²) >= 11 is 0. The third kappa shape index (κ3) is 4.34. The van der Waals surface area contributed by atoms with Gasteiger partial charge in [-0.2, -0.15) is 5.26 Å². The highest BCUT2D eigenvalue weighted by molar-refractivity contribution is 5.68. The molecule has 0 aromatic carbocycles. The van der Waals surface area contributed by atoms with Crippen LogP contribution in [0.15, 0.2) is 0 Å². The highest BCUT2D eigenvalue weighted by Crippen LogP contribution is 2.39. The molecule has 0 bridgehead atoms. The van der Waals surface area contributed by atoms with Crippen LogP contribution in [0.5, 0.6) is 0 Å². The predicted molar refractivity (Wildman–Crippen MR) is 78.7 cm³/mol. The number of ether oxygens (including phenoxy) is 2. The lowest BCUT2D eigenvalue weighted by molar-refractivity contribution is -0.0857. The van der Waals surface area contributed by atoms with E-state index in [0.717, 1.165) is 38.6 Å². The Balaban J connectivity index is 1.92. The quantitative estimate of drug-likeness (QED) is 0.784. The van der Waals surface area contributed by atoms with Crippen LogP contribution < -0.4 is 0 Å². The van der Waals surface area contributed by atoms with Crippen molar-refractivity contribution in [3.63, 3.8) is 0 Å². The van der Waals surface area contributed by atoms with E-state index in [2.05, 4.69) is 6.07 Å². The van der Waals surface area contributed by atoms with Crippen LogP contribution in [0.4, 0.5) is 4.79 Å². The molecule has 2 rings (SSSR count). The maximum absolute atomic E-state index is 12.2. The van der Waals surface area contributed by atoms with E-state index in [0.29, 0.717) is 13.0 Å². The van der Waals surface area contributed by atoms with Crippen LogP contribution in [0.25, 0.3) is 0 Å². The molecule has 2 atom stereocenters. The summed E-state index contributed by atoms with van der Waals surface area (Å²) in [5.74, 6) is 0. The van der Waals surface area contributed by atoms with Gasteiger partial charge in [-0.25, -0.2) is 4.79 Å². The van der Waals surface area contributed by atoms with Gasteiger partial charge in [0.05, 0.1) is 24.3 Å². The Bertz CT molecular complexity index is 424. The smallest absolute Gasteiger partial charge is 0.410 e. The summed E-state index contributed by atoms with van der Waals surface area (Å²) in [5.41, 5.74) is -0.678. The molecule has 21 heavy (non-hydrogen) atoms. The van der Waals surface area contributed by atoms with Crippen molar-refractivity contribution < 1.29 is 14.3 Å². The molecule has 2 saturated heterocycles. The average molecular weight is 294 g/mol. The molecule has 0 aromatic rings. The number of likely N-dealkylation sites (tertiary alicyclic amines) is 1. The first kappa shape index (κ1) is 16.1. The van der Waals surface area contributed by atoms with Crippen molar-refractivity contribution in [1.29, 1.82) is 5.26 Å². The van der Waals surface area contributed by atoms with Crippen LogP contribution in [-0.4, -0.2) is 41.4 Å². The van der Waals surface area contributed by atoms with E-state index in [1.54, 1.807) is 4.90 Å². The van der Waals surface area contributed by atoms with Crippen molar-refractivity contribution in [1.82, 2.24) is 4.90 Å². The van der Waals surface area contributed by atoms with Crippen LogP contribution in [0.2, 0.25) is 0 Å². The summed E-state index contributed by atoms with van der Waals surface area (Å²) in [6, 6.07) is 2.17. The van der Waals surface area contributed by atoms with Gasteiger partial charge in [-0.3, -0.25) is 0 Å². The zero-order valence-corrected chi connectivity index (χ0v) is 13.4.